The third kappa shape index (κ3) is 3.51. The van der Waals surface area contributed by atoms with Crippen LogP contribution in [-0.4, -0.2) is 50.0 Å². The van der Waals surface area contributed by atoms with Crippen LogP contribution in [0.3, 0.4) is 0 Å². The third-order valence-electron chi connectivity index (χ3n) is 4.43. The summed E-state index contributed by atoms with van der Waals surface area (Å²) in [5.74, 6) is 0.931. The zero-order valence-corrected chi connectivity index (χ0v) is 14.3. The number of hydrogen-bond donors (Lipinski definition) is 1. The average Bonchev–Trinajstić information content (AvgIpc) is 3.12. The smallest absolute Gasteiger partial charge is 0.134 e. The third-order valence-corrected chi connectivity index (χ3v) is 4.43. The van der Waals surface area contributed by atoms with Gasteiger partial charge in [0.05, 0.1) is 18.4 Å². The summed E-state index contributed by atoms with van der Waals surface area (Å²) in [6.07, 6.45) is 4.60. The molecule has 0 radical (unpaired) electrons. The van der Waals surface area contributed by atoms with Crippen molar-refractivity contribution in [3.63, 3.8) is 0 Å². The molecule has 7 nitrogen and oxygen atoms in total. The van der Waals surface area contributed by atoms with Crippen LogP contribution >= 0.6 is 0 Å². The zero-order valence-electron chi connectivity index (χ0n) is 14.3. The van der Waals surface area contributed by atoms with Crippen molar-refractivity contribution in [2.24, 2.45) is 0 Å². The van der Waals surface area contributed by atoms with Gasteiger partial charge < -0.3 is 10.2 Å². The van der Waals surface area contributed by atoms with E-state index in [2.05, 4.69) is 37.5 Å². The fraction of sp³-hybridized carbons (Fsp3) is 0.333. The Labute approximate surface area is 146 Å². The highest BCUT2D eigenvalue weighted by Gasteiger charge is 2.18. The molecular formula is C18H21N7. The van der Waals surface area contributed by atoms with Gasteiger partial charge in [-0.05, 0) is 7.05 Å². The quantitative estimate of drug-likeness (QED) is 0.767. The predicted molar refractivity (Wildman–Crippen MR) is 96.0 cm³/mol. The molecule has 3 heterocycles. The van der Waals surface area contributed by atoms with E-state index in [0.29, 0.717) is 0 Å². The molecule has 1 aliphatic rings. The lowest BCUT2D eigenvalue weighted by Gasteiger charge is -2.25. The maximum Gasteiger partial charge on any atom is 0.134 e. The van der Waals surface area contributed by atoms with Crippen LogP contribution in [0.1, 0.15) is 11.3 Å². The van der Waals surface area contributed by atoms with Crippen molar-refractivity contribution in [3.05, 3.63) is 54.1 Å². The Hall–Kier alpha value is -2.80. The highest BCUT2D eigenvalue weighted by molar-refractivity contribution is 5.57. The molecule has 0 spiro atoms. The Balaban J connectivity index is 1.40. The number of rotatable bonds is 5. The molecule has 25 heavy (non-hydrogen) atoms. The summed E-state index contributed by atoms with van der Waals surface area (Å²) in [5, 5.41) is 11.9. The Kier molecular flexibility index (Phi) is 4.39. The van der Waals surface area contributed by atoms with E-state index in [0.717, 1.165) is 55.4 Å². The van der Waals surface area contributed by atoms with Gasteiger partial charge in [-0.15, -0.1) is 5.10 Å². The first-order valence-electron chi connectivity index (χ1n) is 8.50. The Morgan fingerprint density at radius 2 is 2.04 bits per heavy atom. The molecule has 0 saturated heterocycles. The summed E-state index contributed by atoms with van der Waals surface area (Å²) in [5.41, 5.74) is 4.33. The number of nitrogens with zero attached hydrogens (tertiary/aromatic N) is 6. The summed E-state index contributed by atoms with van der Waals surface area (Å²) in [6.45, 7) is 3.41. The molecule has 0 bridgehead atoms. The highest BCUT2D eigenvalue weighted by atomic mass is 15.4. The molecule has 2 aromatic heterocycles. The van der Waals surface area contributed by atoms with E-state index in [-0.39, 0.29) is 0 Å². The number of anilines is 1. The van der Waals surface area contributed by atoms with Crippen molar-refractivity contribution in [3.8, 4) is 11.3 Å². The van der Waals surface area contributed by atoms with Crippen molar-refractivity contribution in [1.82, 2.24) is 29.9 Å². The number of fused-ring (bicyclic) bond motifs is 1. The van der Waals surface area contributed by atoms with Gasteiger partial charge in [-0.3, -0.25) is 4.68 Å². The second-order valence-corrected chi connectivity index (χ2v) is 6.29. The molecule has 0 fully saturated rings. The minimum atomic E-state index is 0.731. The SMILES string of the molecule is CN1CCc2ncnc(NCCn3cc(-c4ccccc4)nn3)c2C1. The van der Waals surface area contributed by atoms with Crippen LogP contribution in [0.5, 0.6) is 0 Å². The fourth-order valence-corrected chi connectivity index (χ4v) is 3.07. The maximum atomic E-state index is 4.42. The first kappa shape index (κ1) is 15.7. The van der Waals surface area contributed by atoms with Crippen LogP contribution < -0.4 is 5.32 Å². The van der Waals surface area contributed by atoms with Crippen LogP contribution in [-0.2, 0) is 19.5 Å². The number of nitrogens with one attached hydrogen (secondary N) is 1. The van der Waals surface area contributed by atoms with Gasteiger partial charge in [0.2, 0.25) is 0 Å². The fourth-order valence-electron chi connectivity index (χ4n) is 3.07. The largest absolute Gasteiger partial charge is 0.368 e. The lowest BCUT2D eigenvalue weighted by Crippen LogP contribution is -2.28. The molecule has 0 unspecified atom stereocenters. The van der Waals surface area contributed by atoms with E-state index in [4.69, 9.17) is 0 Å². The number of benzene rings is 1. The van der Waals surface area contributed by atoms with E-state index in [1.54, 1.807) is 6.33 Å². The number of likely N-dealkylation sites (N-methyl/N-ethyl adjacent to an activating group) is 1. The molecular weight excluding hydrogens is 314 g/mol. The minimum absolute atomic E-state index is 0.731. The summed E-state index contributed by atoms with van der Waals surface area (Å²) in [4.78, 5) is 11.1. The van der Waals surface area contributed by atoms with Gasteiger partial charge in [0.15, 0.2) is 0 Å². The first-order chi connectivity index (χ1) is 12.3. The molecule has 0 amide bonds. The predicted octanol–water partition coefficient (Wildman–Crippen LogP) is 1.84. The van der Waals surface area contributed by atoms with Crippen molar-refractivity contribution >= 4 is 5.82 Å². The van der Waals surface area contributed by atoms with Crippen LogP contribution in [0.4, 0.5) is 5.82 Å². The van der Waals surface area contributed by atoms with E-state index < -0.39 is 0 Å². The van der Waals surface area contributed by atoms with E-state index in [1.807, 2.05) is 41.2 Å². The Morgan fingerprint density at radius 1 is 1.16 bits per heavy atom. The van der Waals surface area contributed by atoms with Crippen molar-refractivity contribution in [1.29, 1.82) is 0 Å². The lowest BCUT2D eigenvalue weighted by molar-refractivity contribution is 0.310. The maximum absolute atomic E-state index is 4.42. The van der Waals surface area contributed by atoms with Crippen LogP contribution in [0, 0.1) is 0 Å². The molecule has 7 heteroatoms. The zero-order chi connectivity index (χ0) is 17.1. The van der Waals surface area contributed by atoms with E-state index in [9.17, 15) is 0 Å². The first-order valence-corrected chi connectivity index (χ1v) is 8.50. The van der Waals surface area contributed by atoms with Crippen molar-refractivity contribution < 1.29 is 0 Å². The normalized spacial score (nSPS) is 14.3. The van der Waals surface area contributed by atoms with Gasteiger partial charge in [0, 0.05) is 37.2 Å². The molecule has 1 aromatic carbocycles. The molecule has 0 aliphatic carbocycles. The summed E-state index contributed by atoms with van der Waals surface area (Å²) in [6, 6.07) is 10.1. The van der Waals surface area contributed by atoms with Gasteiger partial charge in [-0.2, -0.15) is 0 Å². The summed E-state index contributed by atoms with van der Waals surface area (Å²) >= 11 is 0. The van der Waals surface area contributed by atoms with Crippen molar-refractivity contribution in [2.45, 2.75) is 19.5 Å². The van der Waals surface area contributed by atoms with Gasteiger partial charge in [0.25, 0.3) is 0 Å². The number of aromatic nitrogens is 5. The van der Waals surface area contributed by atoms with Gasteiger partial charge >= 0.3 is 0 Å². The molecule has 4 rings (SSSR count). The van der Waals surface area contributed by atoms with Crippen LogP contribution in [0.2, 0.25) is 0 Å². The Bertz CT molecular complexity index is 844. The van der Waals surface area contributed by atoms with Crippen LogP contribution in [0.25, 0.3) is 11.3 Å². The van der Waals surface area contributed by atoms with E-state index >= 15 is 0 Å². The molecule has 1 aliphatic heterocycles. The molecule has 3 aromatic rings. The molecule has 0 saturated carbocycles. The molecule has 1 N–H and O–H groups in total. The Morgan fingerprint density at radius 3 is 2.92 bits per heavy atom. The second kappa shape index (κ2) is 6.98. The van der Waals surface area contributed by atoms with Gasteiger partial charge in [-0.1, -0.05) is 35.5 Å². The number of hydrogen-bond acceptors (Lipinski definition) is 6. The molecule has 128 valence electrons. The van der Waals surface area contributed by atoms with E-state index in [1.165, 1.54) is 5.56 Å². The summed E-state index contributed by atoms with van der Waals surface area (Å²) in [7, 11) is 2.13. The lowest BCUT2D eigenvalue weighted by atomic mass is 10.1. The highest BCUT2D eigenvalue weighted by Crippen LogP contribution is 2.21. The van der Waals surface area contributed by atoms with Crippen molar-refractivity contribution in [2.75, 3.05) is 25.5 Å². The molecule has 0 atom stereocenters. The summed E-state index contributed by atoms with van der Waals surface area (Å²) < 4.78 is 1.86. The monoisotopic (exact) mass is 335 g/mol. The topological polar surface area (TPSA) is 71.8 Å². The van der Waals surface area contributed by atoms with Gasteiger partial charge in [0.1, 0.15) is 17.8 Å². The van der Waals surface area contributed by atoms with Crippen LogP contribution in [0.15, 0.2) is 42.9 Å². The second-order valence-electron chi connectivity index (χ2n) is 6.29. The minimum Gasteiger partial charge on any atom is -0.368 e. The average molecular weight is 335 g/mol. The standard InChI is InChI=1S/C18H21N7/c1-24-9-7-16-15(11-24)18(21-13-20-16)19-8-10-25-12-17(22-23-25)14-5-3-2-4-6-14/h2-6,12-13H,7-11H2,1H3,(H,19,20,21). The van der Waals surface area contributed by atoms with Gasteiger partial charge in [-0.25, -0.2) is 9.97 Å².